The fourth-order valence-corrected chi connectivity index (χ4v) is 1.15. The predicted octanol–water partition coefficient (Wildman–Crippen LogP) is -0.00940. The number of hydrogen-bond donors (Lipinski definition) is 1. The van der Waals surface area contributed by atoms with Crippen molar-refractivity contribution in [1.29, 1.82) is 0 Å². The Bertz CT molecular complexity index is 367. The summed E-state index contributed by atoms with van der Waals surface area (Å²) in [5.74, 6) is -0.593. The van der Waals surface area contributed by atoms with Crippen LogP contribution < -0.4 is 5.73 Å². The molecule has 0 saturated heterocycles. The number of nitrogens with zero attached hydrogens (tertiary/aromatic N) is 1. The Hall–Kier alpha value is -1.27. The SMILES string of the molecule is CS(=O)OCc1ccnc(C(N)=O)c1. The number of nitrogens with two attached hydrogens (primary N) is 1. The van der Waals surface area contributed by atoms with Crippen LogP contribution in [0.3, 0.4) is 0 Å². The van der Waals surface area contributed by atoms with E-state index in [1.165, 1.54) is 18.5 Å². The average Bonchev–Trinajstić information content (AvgIpc) is 2.15. The van der Waals surface area contributed by atoms with Crippen LogP contribution >= 0.6 is 0 Å². The lowest BCUT2D eigenvalue weighted by molar-refractivity contribution is 0.0995. The quantitative estimate of drug-likeness (QED) is 0.764. The van der Waals surface area contributed by atoms with E-state index in [2.05, 4.69) is 4.98 Å². The van der Waals surface area contributed by atoms with Crippen LogP contribution in [0.5, 0.6) is 0 Å². The first-order chi connectivity index (χ1) is 6.59. The number of amides is 1. The van der Waals surface area contributed by atoms with Crippen LogP contribution in [-0.2, 0) is 21.9 Å². The summed E-state index contributed by atoms with van der Waals surface area (Å²) in [6.07, 6.45) is 2.88. The molecular formula is C8H10N2O3S. The summed E-state index contributed by atoms with van der Waals surface area (Å²) in [5.41, 5.74) is 5.92. The van der Waals surface area contributed by atoms with E-state index in [-0.39, 0.29) is 12.3 Å². The second-order valence-electron chi connectivity index (χ2n) is 2.58. The van der Waals surface area contributed by atoms with Crippen molar-refractivity contribution in [3.05, 3.63) is 29.6 Å². The van der Waals surface area contributed by atoms with Gasteiger partial charge in [-0.3, -0.25) is 14.0 Å². The lowest BCUT2D eigenvalue weighted by Gasteiger charge is -2.01. The summed E-state index contributed by atoms with van der Waals surface area (Å²) in [6, 6.07) is 3.18. The van der Waals surface area contributed by atoms with Gasteiger partial charge in [0.15, 0.2) is 11.1 Å². The van der Waals surface area contributed by atoms with Crippen LogP contribution in [0.1, 0.15) is 16.1 Å². The molecule has 0 aliphatic carbocycles. The van der Waals surface area contributed by atoms with E-state index in [1.807, 2.05) is 0 Å². The molecule has 1 amide bonds. The van der Waals surface area contributed by atoms with Crippen LogP contribution in [0.4, 0.5) is 0 Å². The van der Waals surface area contributed by atoms with Gasteiger partial charge in [0.2, 0.25) is 0 Å². The Labute approximate surface area is 83.9 Å². The normalized spacial score (nSPS) is 12.4. The van der Waals surface area contributed by atoms with E-state index in [4.69, 9.17) is 9.92 Å². The molecule has 1 aromatic heterocycles. The van der Waals surface area contributed by atoms with Crippen molar-refractivity contribution >= 4 is 17.0 Å². The Morgan fingerprint density at radius 2 is 2.43 bits per heavy atom. The molecule has 6 heteroatoms. The summed E-state index contributed by atoms with van der Waals surface area (Å²) in [7, 11) is 0. The van der Waals surface area contributed by atoms with Crippen molar-refractivity contribution in [3.8, 4) is 0 Å². The van der Waals surface area contributed by atoms with Crippen molar-refractivity contribution in [2.45, 2.75) is 6.61 Å². The van der Waals surface area contributed by atoms with Crippen molar-refractivity contribution < 1.29 is 13.2 Å². The molecule has 1 atom stereocenters. The zero-order valence-electron chi connectivity index (χ0n) is 7.60. The first-order valence-corrected chi connectivity index (χ1v) is 5.29. The van der Waals surface area contributed by atoms with Crippen molar-refractivity contribution in [2.24, 2.45) is 5.73 Å². The molecule has 0 aromatic carbocycles. The van der Waals surface area contributed by atoms with Gasteiger partial charge in [-0.15, -0.1) is 0 Å². The zero-order valence-corrected chi connectivity index (χ0v) is 8.41. The molecule has 2 N–H and O–H groups in total. The molecule has 1 heterocycles. The summed E-state index contributed by atoms with van der Waals surface area (Å²) in [4.78, 5) is 14.5. The van der Waals surface area contributed by atoms with Crippen LogP contribution in [0.25, 0.3) is 0 Å². The number of rotatable bonds is 4. The highest BCUT2D eigenvalue weighted by Gasteiger charge is 2.03. The van der Waals surface area contributed by atoms with E-state index in [0.29, 0.717) is 5.56 Å². The molecule has 0 radical (unpaired) electrons. The minimum Gasteiger partial charge on any atom is -0.364 e. The lowest BCUT2D eigenvalue weighted by Crippen LogP contribution is -2.13. The largest absolute Gasteiger partial charge is 0.364 e. The molecular weight excluding hydrogens is 204 g/mol. The van der Waals surface area contributed by atoms with Gasteiger partial charge in [-0.2, -0.15) is 0 Å². The molecule has 0 aliphatic heterocycles. The fourth-order valence-electron chi connectivity index (χ4n) is 0.850. The van der Waals surface area contributed by atoms with E-state index in [1.54, 1.807) is 6.07 Å². The molecule has 0 bridgehead atoms. The Kier molecular flexibility index (Phi) is 3.73. The van der Waals surface area contributed by atoms with Crippen LogP contribution in [0.15, 0.2) is 18.3 Å². The van der Waals surface area contributed by atoms with Gasteiger partial charge in [0.25, 0.3) is 5.91 Å². The summed E-state index contributed by atoms with van der Waals surface area (Å²) in [5, 5.41) is 0. The van der Waals surface area contributed by atoms with Crippen LogP contribution in [-0.4, -0.2) is 21.4 Å². The molecule has 5 nitrogen and oxygen atoms in total. The monoisotopic (exact) mass is 214 g/mol. The van der Waals surface area contributed by atoms with Gasteiger partial charge in [0, 0.05) is 12.5 Å². The van der Waals surface area contributed by atoms with E-state index < -0.39 is 17.0 Å². The lowest BCUT2D eigenvalue weighted by atomic mass is 10.2. The molecule has 0 fully saturated rings. The smallest absolute Gasteiger partial charge is 0.267 e. The number of primary amides is 1. The molecule has 1 aromatic rings. The second kappa shape index (κ2) is 4.83. The summed E-state index contributed by atoms with van der Waals surface area (Å²) in [6.45, 7) is 0.173. The predicted molar refractivity (Wildman–Crippen MR) is 51.6 cm³/mol. The first-order valence-electron chi connectivity index (χ1n) is 3.81. The third-order valence-electron chi connectivity index (χ3n) is 1.47. The van der Waals surface area contributed by atoms with Gasteiger partial charge in [-0.1, -0.05) is 0 Å². The molecule has 0 aliphatic rings. The fraction of sp³-hybridized carbons (Fsp3) is 0.250. The molecule has 76 valence electrons. The molecule has 1 unspecified atom stereocenters. The Morgan fingerprint density at radius 3 is 3.00 bits per heavy atom. The van der Waals surface area contributed by atoms with Gasteiger partial charge in [0.05, 0.1) is 6.61 Å². The number of aromatic nitrogens is 1. The number of carbonyl (C=O) groups is 1. The highest BCUT2D eigenvalue weighted by Crippen LogP contribution is 2.03. The second-order valence-corrected chi connectivity index (χ2v) is 3.62. The third kappa shape index (κ3) is 3.23. The van der Waals surface area contributed by atoms with Crippen molar-refractivity contribution in [3.63, 3.8) is 0 Å². The number of carbonyl (C=O) groups excluding carboxylic acids is 1. The molecule has 0 spiro atoms. The molecule has 0 saturated carbocycles. The standard InChI is InChI=1S/C8H10N2O3S/c1-14(12)13-5-6-2-3-10-7(4-6)8(9)11/h2-4H,5H2,1H3,(H2,9,11). The summed E-state index contributed by atoms with van der Waals surface area (Å²) < 4.78 is 15.5. The number of hydrogen-bond acceptors (Lipinski definition) is 4. The maximum Gasteiger partial charge on any atom is 0.267 e. The highest BCUT2D eigenvalue weighted by molar-refractivity contribution is 7.79. The minimum atomic E-state index is -1.32. The minimum absolute atomic E-state index is 0.173. The van der Waals surface area contributed by atoms with E-state index in [0.717, 1.165) is 0 Å². The molecule has 1 rings (SSSR count). The third-order valence-corrected chi connectivity index (χ3v) is 1.92. The van der Waals surface area contributed by atoms with Crippen LogP contribution in [0.2, 0.25) is 0 Å². The van der Waals surface area contributed by atoms with Crippen LogP contribution in [0, 0.1) is 0 Å². The zero-order chi connectivity index (χ0) is 10.6. The van der Waals surface area contributed by atoms with Gasteiger partial charge < -0.3 is 5.73 Å². The van der Waals surface area contributed by atoms with E-state index in [9.17, 15) is 9.00 Å². The van der Waals surface area contributed by atoms with E-state index >= 15 is 0 Å². The van der Waals surface area contributed by atoms with Gasteiger partial charge in [-0.25, -0.2) is 4.21 Å². The van der Waals surface area contributed by atoms with Gasteiger partial charge >= 0.3 is 0 Å². The average molecular weight is 214 g/mol. The topological polar surface area (TPSA) is 82.3 Å². The van der Waals surface area contributed by atoms with Crippen molar-refractivity contribution in [2.75, 3.05) is 6.26 Å². The van der Waals surface area contributed by atoms with Crippen molar-refractivity contribution in [1.82, 2.24) is 4.98 Å². The van der Waals surface area contributed by atoms with Gasteiger partial charge in [0.1, 0.15) is 5.69 Å². The first kappa shape index (κ1) is 10.8. The molecule has 14 heavy (non-hydrogen) atoms. The maximum atomic E-state index is 10.8. The maximum absolute atomic E-state index is 10.8. The summed E-state index contributed by atoms with van der Waals surface area (Å²) >= 11 is -1.32. The highest BCUT2D eigenvalue weighted by atomic mass is 32.2. The van der Waals surface area contributed by atoms with Gasteiger partial charge in [-0.05, 0) is 17.7 Å². The Balaban J connectivity index is 2.73. The Morgan fingerprint density at radius 1 is 1.71 bits per heavy atom. The number of pyridine rings is 1.